The lowest BCUT2D eigenvalue weighted by Gasteiger charge is -2.23. The number of hydrogen-bond donors (Lipinski definition) is 0. The number of hydrogen-bond acceptors (Lipinski definition) is 2. The first-order chi connectivity index (χ1) is 8.00. The fraction of sp³-hybridized carbons (Fsp3) is 0.700. The first kappa shape index (κ1) is 14.7. The van der Waals surface area contributed by atoms with Gasteiger partial charge in [0.2, 0.25) is 5.88 Å². The van der Waals surface area contributed by atoms with Crippen molar-refractivity contribution in [1.29, 1.82) is 0 Å². The molecule has 0 N–H and O–H groups in total. The Kier molecular flexibility index (Phi) is 3.60. The Morgan fingerprint density at radius 3 is 1.94 bits per heavy atom. The number of halogens is 5. The van der Waals surface area contributed by atoms with Gasteiger partial charge >= 0.3 is 6.18 Å². The summed E-state index contributed by atoms with van der Waals surface area (Å²) in [7, 11) is 1.00. The molecule has 1 heterocycles. The van der Waals surface area contributed by atoms with Crippen LogP contribution in [-0.2, 0) is 11.7 Å². The molecule has 104 valence electrons. The van der Waals surface area contributed by atoms with Crippen molar-refractivity contribution in [3.05, 3.63) is 11.3 Å². The minimum atomic E-state index is -4.93. The topological polar surface area (TPSA) is 27.1 Å². The molecule has 0 aliphatic carbocycles. The number of nitrogens with zero attached hydrogens (tertiary/aromatic N) is 2. The molecule has 0 saturated heterocycles. The summed E-state index contributed by atoms with van der Waals surface area (Å²) in [6.45, 7) is 4.30. The zero-order valence-electron chi connectivity index (χ0n) is 10.3. The van der Waals surface area contributed by atoms with E-state index in [9.17, 15) is 22.0 Å². The first-order valence-corrected chi connectivity index (χ1v) is 5.03. The third-order valence-corrected chi connectivity index (χ3v) is 2.20. The summed E-state index contributed by atoms with van der Waals surface area (Å²) in [4.78, 5) is 0. The van der Waals surface area contributed by atoms with Crippen molar-refractivity contribution >= 4 is 0 Å². The van der Waals surface area contributed by atoms with Crippen LogP contribution in [0.15, 0.2) is 0 Å². The van der Waals surface area contributed by atoms with Crippen LogP contribution in [0.1, 0.15) is 38.5 Å². The Labute approximate surface area is 101 Å². The van der Waals surface area contributed by atoms with E-state index < -0.39 is 35.3 Å². The molecular weight excluding hydrogens is 259 g/mol. The van der Waals surface area contributed by atoms with Crippen LogP contribution in [-0.4, -0.2) is 16.9 Å². The highest BCUT2D eigenvalue weighted by atomic mass is 19.4. The molecular formula is C10H13F5N2O. The van der Waals surface area contributed by atoms with Crippen molar-refractivity contribution in [2.75, 3.05) is 7.11 Å². The molecule has 1 rings (SSSR count). The van der Waals surface area contributed by atoms with E-state index in [0.717, 1.165) is 7.11 Å². The van der Waals surface area contributed by atoms with Gasteiger partial charge in [0.05, 0.1) is 12.6 Å². The van der Waals surface area contributed by atoms with Gasteiger partial charge in [-0.05, 0) is 20.8 Å². The molecule has 8 heteroatoms. The molecule has 0 aliphatic heterocycles. The summed E-state index contributed by atoms with van der Waals surface area (Å²) in [5.41, 5.74) is -3.78. The van der Waals surface area contributed by atoms with E-state index in [2.05, 4.69) is 9.84 Å². The van der Waals surface area contributed by atoms with Gasteiger partial charge in [0, 0.05) is 0 Å². The molecule has 0 spiro atoms. The van der Waals surface area contributed by atoms with Gasteiger partial charge < -0.3 is 4.74 Å². The molecule has 0 amide bonds. The number of alkyl halides is 5. The van der Waals surface area contributed by atoms with Crippen LogP contribution in [0.4, 0.5) is 22.0 Å². The van der Waals surface area contributed by atoms with Crippen LogP contribution in [0.3, 0.4) is 0 Å². The van der Waals surface area contributed by atoms with Gasteiger partial charge in [0.25, 0.3) is 6.43 Å². The van der Waals surface area contributed by atoms with Crippen LogP contribution in [0.5, 0.6) is 5.88 Å². The van der Waals surface area contributed by atoms with Crippen molar-refractivity contribution in [1.82, 2.24) is 9.78 Å². The van der Waals surface area contributed by atoms with Gasteiger partial charge in [-0.15, -0.1) is 5.10 Å². The molecule has 18 heavy (non-hydrogen) atoms. The van der Waals surface area contributed by atoms with E-state index in [4.69, 9.17) is 0 Å². The Morgan fingerprint density at radius 2 is 1.67 bits per heavy atom. The van der Waals surface area contributed by atoms with E-state index in [-0.39, 0.29) is 0 Å². The van der Waals surface area contributed by atoms with Gasteiger partial charge in [-0.2, -0.15) is 13.2 Å². The maximum absolute atomic E-state index is 12.9. The summed E-state index contributed by atoms with van der Waals surface area (Å²) in [5, 5.41) is 3.48. The zero-order valence-corrected chi connectivity index (χ0v) is 10.3. The molecule has 0 atom stereocenters. The molecule has 3 nitrogen and oxygen atoms in total. The van der Waals surface area contributed by atoms with E-state index in [1.165, 1.54) is 20.8 Å². The van der Waals surface area contributed by atoms with E-state index in [1.807, 2.05) is 0 Å². The van der Waals surface area contributed by atoms with Crippen LogP contribution in [0, 0.1) is 0 Å². The highest BCUT2D eigenvalue weighted by molar-refractivity contribution is 5.35. The lowest BCUT2D eigenvalue weighted by molar-refractivity contribution is -0.148. The van der Waals surface area contributed by atoms with Gasteiger partial charge in [-0.3, -0.25) is 4.68 Å². The second-order valence-electron chi connectivity index (χ2n) is 4.65. The molecule has 0 saturated carbocycles. The van der Waals surface area contributed by atoms with Crippen molar-refractivity contribution in [2.45, 2.75) is 38.9 Å². The van der Waals surface area contributed by atoms with Crippen LogP contribution in [0.25, 0.3) is 0 Å². The fourth-order valence-electron chi connectivity index (χ4n) is 1.52. The molecule has 0 radical (unpaired) electrons. The predicted octanol–water partition coefficient (Wildman–Crippen LogP) is 3.60. The molecule has 0 unspecified atom stereocenters. The predicted molar refractivity (Wildman–Crippen MR) is 53.7 cm³/mol. The third kappa shape index (κ3) is 2.56. The van der Waals surface area contributed by atoms with Gasteiger partial charge in [0.15, 0.2) is 5.69 Å². The zero-order chi connectivity index (χ0) is 14.3. The summed E-state index contributed by atoms with van der Waals surface area (Å²) < 4.78 is 69.3. The maximum Gasteiger partial charge on any atom is 0.433 e. The summed E-state index contributed by atoms with van der Waals surface area (Å²) in [6, 6.07) is 0. The average Bonchev–Trinajstić information content (AvgIpc) is 2.54. The summed E-state index contributed by atoms with van der Waals surface area (Å²) >= 11 is 0. The summed E-state index contributed by atoms with van der Waals surface area (Å²) in [6.07, 6.45) is -8.24. The highest BCUT2D eigenvalue weighted by Crippen LogP contribution is 2.42. The Morgan fingerprint density at radius 1 is 1.17 bits per heavy atom. The van der Waals surface area contributed by atoms with Crippen LogP contribution < -0.4 is 4.74 Å². The normalized spacial score (nSPS) is 13.2. The number of rotatable bonds is 2. The molecule has 1 aromatic heterocycles. The van der Waals surface area contributed by atoms with Crippen molar-refractivity contribution < 1.29 is 26.7 Å². The van der Waals surface area contributed by atoms with Crippen LogP contribution >= 0.6 is 0 Å². The monoisotopic (exact) mass is 272 g/mol. The minimum absolute atomic E-state index is 0.521. The fourth-order valence-corrected chi connectivity index (χ4v) is 1.52. The van der Waals surface area contributed by atoms with Crippen molar-refractivity contribution in [2.24, 2.45) is 0 Å². The van der Waals surface area contributed by atoms with Crippen molar-refractivity contribution in [3.63, 3.8) is 0 Å². The van der Waals surface area contributed by atoms with Gasteiger partial charge in [-0.25, -0.2) is 8.78 Å². The SMILES string of the molecule is COc1nn(C(C)(C)C)c(C(F)(F)F)c1C(F)F. The Balaban J connectivity index is 3.64. The van der Waals surface area contributed by atoms with E-state index in [1.54, 1.807) is 0 Å². The Hall–Kier alpha value is -1.34. The number of ether oxygens (including phenoxy) is 1. The lowest BCUT2D eigenvalue weighted by Crippen LogP contribution is -2.29. The second kappa shape index (κ2) is 4.40. The highest BCUT2D eigenvalue weighted by Gasteiger charge is 2.45. The van der Waals surface area contributed by atoms with E-state index >= 15 is 0 Å². The average molecular weight is 272 g/mol. The molecule has 0 bridgehead atoms. The quantitative estimate of drug-likeness (QED) is 0.769. The first-order valence-electron chi connectivity index (χ1n) is 5.03. The molecule has 0 aromatic carbocycles. The van der Waals surface area contributed by atoms with Crippen LogP contribution in [0.2, 0.25) is 0 Å². The largest absolute Gasteiger partial charge is 0.480 e. The number of methoxy groups -OCH3 is 1. The molecule has 0 fully saturated rings. The minimum Gasteiger partial charge on any atom is -0.480 e. The lowest BCUT2D eigenvalue weighted by atomic mass is 10.1. The Bertz CT molecular complexity index is 431. The van der Waals surface area contributed by atoms with E-state index in [0.29, 0.717) is 4.68 Å². The summed E-state index contributed by atoms with van der Waals surface area (Å²) in [5.74, 6) is -0.702. The molecule has 1 aromatic rings. The number of aromatic nitrogens is 2. The van der Waals surface area contributed by atoms with Crippen molar-refractivity contribution in [3.8, 4) is 5.88 Å². The standard InChI is InChI=1S/C10H13F5N2O/c1-9(2,3)17-6(10(13,14)15)5(7(11)12)8(16-17)18-4/h7H,1-4H3. The second-order valence-corrected chi connectivity index (χ2v) is 4.65. The smallest absolute Gasteiger partial charge is 0.433 e. The molecule has 0 aliphatic rings. The van der Waals surface area contributed by atoms with Gasteiger partial charge in [0.1, 0.15) is 5.56 Å². The third-order valence-electron chi connectivity index (χ3n) is 2.20. The maximum atomic E-state index is 12.9. The van der Waals surface area contributed by atoms with Gasteiger partial charge in [-0.1, -0.05) is 0 Å².